The molecule has 0 bridgehead atoms. The maximum Gasteiger partial charge on any atom is 0.104 e. The minimum atomic E-state index is -0.629. The first-order valence-electron chi connectivity index (χ1n) is 6.64. The molecule has 2 nitrogen and oxygen atoms in total. The lowest BCUT2D eigenvalue weighted by Gasteiger charge is -2.24. The van der Waals surface area contributed by atoms with E-state index in [1.807, 2.05) is 0 Å². The predicted molar refractivity (Wildman–Crippen MR) is 68.9 cm³/mol. The van der Waals surface area contributed by atoms with Gasteiger partial charge in [0.05, 0.1) is 0 Å². The molecule has 2 aliphatic rings. The Morgan fingerprint density at radius 3 is 2.47 bits per heavy atom. The van der Waals surface area contributed by atoms with E-state index >= 15 is 0 Å². The van der Waals surface area contributed by atoms with Crippen LogP contribution in [0.25, 0.3) is 0 Å². The number of hydrogen-bond acceptors (Lipinski definition) is 2. The third-order valence-corrected chi connectivity index (χ3v) is 4.25. The number of hydrogen-bond donors (Lipinski definition) is 1. The van der Waals surface area contributed by atoms with Gasteiger partial charge in [-0.1, -0.05) is 29.8 Å². The summed E-state index contributed by atoms with van der Waals surface area (Å²) in [5, 5.41) is 10.8. The normalized spacial score (nSPS) is 34.2. The van der Waals surface area contributed by atoms with Gasteiger partial charge < -0.3 is 5.11 Å². The monoisotopic (exact) mass is 231 g/mol. The van der Waals surface area contributed by atoms with E-state index in [9.17, 15) is 5.11 Å². The SMILES string of the molecule is Cc1ccc(C2(O)CC(C)N(C3CC3)C2)cc1. The summed E-state index contributed by atoms with van der Waals surface area (Å²) < 4.78 is 0. The van der Waals surface area contributed by atoms with Crippen molar-refractivity contribution in [3.63, 3.8) is 0 Å². The van der Waals surface area contributed by atoms with E-state index in [0.717, 1.165) is 24.6 Å². The van der Waals surface area contributed by atoms with Gasteiger partial charge in [0.15, 0.2) is 0 Å². The fourth-order valence-electron chi connectivity index (χ4n) is 3.10. The van der Waals surface area contributed by atoms with Crippen LogP contribution in [0.2, 0.25) is 0 Å². The summed E-state index contributed by atoms with van der Waals surface area (Å²) in [6.07, 6.45) is 3.50. The van der Waals surface area contributed by atoms with Crippen LogP contribution < -0.4 is 0 Å². The molecule has 1 N–H and O–H groups in total. The number of β-amino-alcohol motifs (C(OH)–C–C–N with tert-alkyl or cyclic N) is 1. The Balaban J connectivity index is 1.84. The van der Waals surface area contributed by atoms with E-state index in [1.165, 1.54) is 18.4 Å². The summed E-state index contributed by atoms with van der Waals surface area (Å²) in [7, 11) is 0. The van der Waals surface area contributed by atoms with Crippen molar-refractivity contribution in [3.05, 3.63) is 35.4 Å². The molecule has 3 rings (SSSR count). The zero-order valence-corrected chi connectivity index (χ0v) is 10.7. The molecule has 92 valence electrons. The Bertz CT molecular complexity index is 409. The molecule has 0 aromatic heterocycles. The van der Waals surface area contributed by atoms with Gasteiger partial charge in [0.1, 0.15) is 5.60 Å². The van der Waals surface area contributed by atoms with Crippen LogP contribution in [0.5, 0.6) is 0 Å². The van der Waals surface area contributed by atoms with Crippen molar-refractivity contribution in [1.29, 1.82) is 0 Å². The molecular weight excluding hydrogens is 210 g/mol. The maximum atomic E-state index is 10.8. The molecule has 17 heavy (non-hydrogen) atoms. The van der Waals surface area contributed by atoms with Crippen LogP contribution in [0.4, 0.5) is 0 Å². The van der Waals surface area contributed by atoms with Crippen LogP contribution in [0.3, 0.4) is 0 Å². The Labute approximate surface area is 103 Å². The van der Waals surface area contributed by atoms with Crippen LogP contribution in [0, 0.1) is 6.92 Å². The second-order valence-electron chi connectivity index (χ2n) is 5.85. The van der Waals surface area contributed by atoms with Crippen LogP contribution in [0.1, 0.15) is 37.3 Å². The molecule has 2 atom stereocenters. The standard InChI is InChI=1S/C15H21NO/c1-11-3-5-13(6-4-11)15(17)9-12(2)16(10-15)14-7-8-14/h3-6,12,14,17H,7-10H2,1-2H3. The highest BCUT2D eigenvalue weighted by Gasteiger charge is 2.46. The van der Waals surface area contributed by atoms with E-state index < -0.39 is 5.60 Å². The van der Waals surface area contributed by atoms with Gasteiger partial charge in [-0.3, -0.25) is 4.90 Å². The molecule has 1 aromatic rings. The summed E-state index contributed by atoms with van der Waals surface area (Å²) in [5.41, 5.74) is 1.70. The van der Waals surface area contributed by atoms with Crippen molar-refractivity contribution >= 4 is 0 Å². The van der Waals surface area contributed by atoms with E-state index in [2.05, 4.69) is 43.0 Å². The number of aryl methyl sites for hydroxylation is 1. The zero-order chi connectivity index (χ0) is 12.0. The molecule has 2 unspecified atom stereocenters. The lowest BCUT2D eigenvalue weighted by Crippen LogP contribution is -2.33. The zero-order valence-electron chi connectivity index (χ0n) is 10.7. The highest BCUT2D eigenvalue weighted by molar-refractivity contribution is 5.28. The highest BCUT2D eigenvalue weighted by Crippen LogP contribution is 2.41. The van der Waals surface area contributed by atoms with Gasteiger partial charge in [-0.15, -0.1) is 0 Å². The maximum absolute atomic E-state index is 10.8. The van der Waals surface area contributed by atoms with Gasteiger partial charge in [-0.25, -0.2) is 0 Å². The molecule has 1 aromatic carbocycles. The van der Waals surface area contributed by atoms with E-state index in [0.29, 0.717) is 6.04 Å². The molecule has 0 spiro atoms. The smallest absolute Gasteiger partial charge is 0.104 e. The molecule has 0 radical (unpaired) electrons. The molecule has 1 saturated carbocycles. The summed E-state index contributed by atoms with van der Waals surface area (Å²) in [4.78, 5) is 2.49. The van der Waals surface area contributed by atoms with Gasteiger partial charge in [0.25, 0.3) is 0 Å². The topological polar surface area (TPSA) is 23.5 Å². The first kappa shape index (κ1) is 11.2. The molecule has 2 fully saturated rings. The Morgan fingerprint density at radius 2 is 1.88 bits per heavy atom. The highest BCUT2D eigenvalue weighted by atomic mass is 16.3. The lowest BCUT2D eigenvalue weighted by molar-refractivity contribution is 0.0451. The number of benzene rings is 1. The van der Waals surface area contributed by atoms with Crippen LogP contribution in [0.15, 0.2) is 24.3 Å². The van der Waals surface area contributed by atoms with Crippen molar-refractivity contribution in [2.45, 2.75) is 50.8 Å². The van der Waals surface area contributed by atoms with Crippen LogP contribution in [-0.4, -0.2) is 28.6 Å². The molecular formula is C15H21NO. The largest absolute Gasteiger partial charge is 0.384 e. The third-order valence-electron chi connectivity index (χ3n) is 4.25. The second kappa shape index (κ2) is 3.82. The van der Waals surface area contributed by atoms with E-state index in [1.54, 1.807) is 0 Å². The summed E-state index contributed by atoms with van der Waals surface area (Å²) >= 11 is 0. The average molecular weight is 231 g/mol. The minimum absolute atomic E-state index is 0.508. The average Bonchev–Trinajstić information content (AvgIpc) is 3.06. The molecule has 2 heteroatoms. The number of likely N-dealkylation sites (tertiary alicyclic amines) is 1. The van der Waals surface area contributed by atoms with Crippen molar-refractivity contribution in [3.8, 4) is 0 Å². The molecule has 0 amide bonds. The minimum Gasteiger partial charge on any atom is -0.384 e. The first-order chi connectivity index (χ1) is 8.08. The van der Waals surface area contributed by atoms with Gasteiger partial charge >= 0.3 is 0 Å². The summed E-state index contributed by atoms with van der Waals surface area (Å²) in [6.45, 7) is 5.13. The summed E-state index contributed by atoms with van der Waals surface area (Å²) in [5.74, 6) is 0. The van der Waals surface area contributed by atoms with Crippen LogP contribution in [-0.2, 0) is 5.60 Å². The lowest BCUT2D eigenvalue weighted by atomic mass is 9.91. The number of rotatable bonds is 2. The van der Waals surface area contributed by atoms with Gasteiger partial charge in [0, 0.05) is 18.6 Å². The number of nitrogens with zero attached hydrogens (tertiary/aromatic N) is 1. The molecule has 1 aliphatic carbocycles. The van der Waals surface area contributed by atoms with Gasteiger partial charge in [0.2, 0.25) is 0 Å². The second-order valence-corrected chi connectivity index (χ2v) is 5.85. The molecule has 1 saturated heterocycles. The van der Waals surface area contributed by atoms with Crippen molar-refractivity contribution in [2.75, 3.05) is 6.54 Å². The van der Waals surface area contributed by atoms with Gasteiger partial charge in [-0.05, 0) is 38.7 Å². The fourth-order valence-corrected chi connectivity index (χ4v) is 3.10. The Hall–Kier alpha value is -0.860. The van der Waals surface area contributed by atoms with E-state index in [-0.39, 0.29) is 0 Å². The Morgan fingerprint density at radius 1 is 1.24 bits per heavy atom. The molecule has 1 heterocycles. The predicted octanol–water partition coefficient (Wildman–Crippen LogP) is 2.44. The van der Waals surface area contributed by atoms with E-state index in [4.69, 9.17) is 0 Å². The summed E-state index contributed by atoms with van der Waals surface area (Å²) in [6, 6.07) is 9.60. The Kier molecular flexibility index (Phi) is 2.53. The van der Waals surface area contributed by atoms with Crippen molar-refractivity contribution in [1.82, 2.24) is 4.90 Å². The van der Waals surface area contributed by atoms with Gasteiger partial charge in [-0.2, -0.15) is 0 Å². The van der Waals surface area contributed by atoms with Crippen LogP contribution >= 0.6 is 0 Å². The quantitative estimate of drug-likeness (QED) is 0.845. The van der Waals surface area contributed by atoms with Crippen molar-refractivity contribution < 1.29 is 5.11 Å². The third kappa shape index (κ3) is 2.00. The first-order valence-corrected chi connectivity index (χ1v) is 6.64. The number of aliphatic hydroxyl groups is 1. The van der Waals surface area contributed by atoms with Crippen molar-refractivity contribution in [2.24, 2.45) is 0 Å². The fraction of sp³-hybridized carbons (Fsp3) is 0.600. The molecule has 1 aliphatic heterocycles.